The molecule has 1 aliphatic carbocycles. The number of aromatic nitrogens is 2. The number of hydrogen-bond acceptors (Lipinski definition) is 2. The first-order valence-corrected chi connectivity index (χ1v) is 7.31. The van der Waals surface area contributed by atoms with Crippen molar-refractivity contribution in [3.05, 3.63) is 18.2 Å². The van der Waals surface area contributed by atoms with Crippen LogP contribution in [0.3, 0.4) is 0 Å². The van der Waals surface area contributed by atoms with Crippen LogP contribution in [0.2, 0.25) is 0 Å². The van der Waals surface area contributed by atoms with Crippen LogP contribution >= 0.6 is 0 Å². The van der Waals surface area contributed by atoms with Gasteiger partial charge in [-0.25, -0.2) is 4.98 Å². The Morgan fingerprint density at radius 1 is 1.44 bits per heavy atom. The molecule has 1 aromatic heterocycles. The third-order valence-electron chi connectivity index (χ3n) is 4.38. The fourth-order valence-electron chi connectivity index (χ4n) is 3.20. The van der Waals surface area contributed by atoms with E-state index in [1.165, 1.54) is 25.7 Å². The van der Waals surface area contributed by atoms with Crippen LogP contribution in [0.25, 0.3) is 0 Å². The van der Waals surface area contributed by atoms with E-state index in [1.54, 1.807) is 0 Å². The van der Waals surface area contributed by atoms with Crippen molar-refractivity contribution < 1.29 is 5.11 Å². The highest BCUT2D eigenvalue weighted by Crippen LogP contribution is 2.34. The summed E-state index contributed by atoms with van der Waals surface area (Å²) < 4.78 is 2.02. The van der Waals surface area contributed by atoms with Crippen LogP contribution in [0.1, 0.15) is 57.7 Å². The van der Waals surface area contributed by atoms with Gasteiger partial charge in [-0.3, -0.25) is 0 Å². The third kappa shape index (κ3) is 3.35. The highest BCUT2D eigenvalue weighted by atomic mass is 16.3. The molecule has 1 saturated carbocycles. The summed E-state index contributed by atoms with van der Waals surface area (Å²) in [4.78, 5) is 4.34. The summed E-state index contributed by atoms with van der Waals surface area (Å²) >= 11 is 0. The first-order valence-electron chi connectivity index (χ1n) is 7.31. The lowest BCUT2D eigenvalue weighted by molar-refractivity contribution is 0.0217. The van der Waals surface area contributed by atoms with Crippen LogP contribution in [-0.2, 0) is 13.5 Å². The fraction of sp³-hybridized carbons (Fsp3) is 0.800. The minimum Gasteiger partial charge on any atom is -0.389 e. The summed E-state index contributed by atoms with van der Waals surface area (Å²) in [6.45, 7) is 2.25. The quantitative estimate of drug-likeness (QED) is 0.834. The molecule has 1 aliphatic rings. The number of hydrogen-bond donors (Lipinski definition) is 1. The molecule has 2 rings (SSSR count). The summed E-state index contributed by atoms with van der Waals surface area (Å²) in [5.41, 5.74) is -0.526. The van der Waals surface area contributed by atoms with Gasteiger partial charge in [0.1, 0.15) is 5.82 Å². The highest BCUT2D eigenvalue weighted by Gasteiger charge is 2.31. The highest BCUT2D eigenvalue weighted by molar-refractivity contribution is 4.99. The molecule has 1 fully saturated rings. The van der Waals surface area contributed by atoms with Gasteiger partial charge in [-0.1, -0.05) is 32.6 Å². The van der Waals surface area contributed by atoms with Gasteiger partial charge < -0.3 is 9.67 Å². The minimum atomic E-state index is -0.526. The molecule has 2 atom stereocenters. The molecule has 0 aliphatic heterocycles. The lowest BCUT2D eigenvalue weighted by Crippen LogP contribution is -2.32. The van der Waals surface area contributed by atoms with Gasteiger partial charge in [-0.05, 0) is 25.2 Å². The Morgan fingerprint density at radius 3 is 2.94 bits per heavy atom. The van der Waals surface area contributed by atoms with E-state index in [4.69, 9.17) is 0 Å². The van der Waals surface area contributed by atoms with Gasteiger partial charge in [-0.15, -0.1) is 0 Å². The SMILES string of the molecule is CCCC1CCCC(O)(Cc2nccn2C)CC1. The number of aliphatic hydroxyl groups is 1. The topological polar surface area (TPSA) is 38.1 Å². The standard InChI is InChI=1S/C15H26N2O/c1-3-5-13-6-4-8-15(18,9-7-13)12-14-16-10-11-17(14)2/h10-11,13,18H,3-9,12H2,1-2H3. The molecule has 3 heteroatoms. The second-order valence-corrected chi connectivity index (χ2v) is 5.94. The molecule has 0 saturated heterocycles. The van der Waals surface area contributed by atoms with E-state index in [2.05, 4.69) is 11.9 Å². The molecule has 0 bridgehead atoms. The molecular weight excluding hydrogens is 224 g/mol. The maximum absolute atomic E-state index is 10.8. The molecule has 2 unspecified atom stereocenters. The average Bonchev–Trinajstić information content (AvgIpc) is 2.62. The fourth-order valence-corrected chi connectivity index (χ4v) is 3.20. The van der Waals surface area contributed by atoms with Crippen molar-refractivity contribution in [1.29, 1.82) is 0 Å². The van der Waals surface area contributed by atoms with E-state index < -0.39 is 5.60 Å². The first kappa shape index (κ1) is 13.6. The number of rotatable bonds is 4. The summed E-state index contributed by atoms with van der Waals surface area (Å²) in [6, 6.07) is 0. The van der Waals surface area contributed by atoms with E-state index >= 15 is 0 Å². The smallest absolute Gasteiger partial charge is 0.111 e. The van der Waals surface area contributed by atoms with Crippen molar-refractivity contribution in [2.75, 3.05) is 0 Å². The average molecular weight is 250 g/mol. The van der Waals surface area contributed by atoms with Crippen LogP contribution in [0.15, 0.2) is 12.4 Å². The van der Waals surface area contributed by atoms with Gasteiger partial charge in [0.2, 0.25) is 0 Å². The van der Waals surface area contributed by atoms with Crippen LogP contribution < -0.4 is 0 Å². The van der Waals surface area contributed by atoms with Crippen LogP contribution in [0.5, 0.6) is 0 Å². The Hall–Kier alpha value is -0.830. The van der Waals surface area contributed by atoms with Crippen molar-refractivity contribution >= 4 is 0 Å². The normalized spacial score (nSPS) is 29.2. The maximum Gasteiger partial charge on any atom is 0.111 e. The van der Waals surface area contributed by atoms with Crippen LogP contribution in [-0.4, -0.2) is 20.3 Å². The molecule has 102 valence electrons. The first-order chi connectivity index (χ1) is 8.63. The Bertz CT molecular complexity index is 374. The molecule has 3 nitrogen and oxygen atoms in total. The van der Waals surface area contributed by atoms with Gasteiger partial charge in [0, 0.05) is 25.9 Å². The molecule has 0 aromatic carbocycles. The molecule has 1 N–H and O–H groups in total. The van der Waals surface area contributed by atoms with Gasteiger partial charge >= 0.3 is 0 Å². The van der Waals surface area contributed by atoms with Crippen molar-refractivity contribution in [1.82, 2.24) is 9.55 Å². The van der Waals surface area contributed by atoms with E-state index in [1.807, 2.05) is 24.0 Å². The van der Waals surface area contributed by atoms with Gasteiger partial charge in [-0.2, -0.15) is 0 Å². The molecular formula is C15H26N2O. The number of imidazole rings is 1. The van der Waals surface area contributed by atoms with Crippen molar-refractivity contribution in [3.8, 4) is 0 Å². The number of nitrogens with zero attached hydrogens (tertiary/aromatic N) is 2. The molecule has 18 heavy (non-hydrogen) atoms. The Kier molecular flexibility index (Phi) is 4.44. The largest absolute Gasteiger partial charge is 0.389 e. The summed E-state index contributed by atoms with van der Waals surface area (Å²) in [5.74, 6) is 1.83. The zero-order valence-electron chi connectivity index (χ0n) is 11.7. The van der Waals surface area contributed by atoms with Crippen LogP contribution in [0.4, 0.5) is 0 Å². The minimum absolute atomic E-state index is 0.526. The van der Waals surface area contributed by atoms with Crippen molar-refractivity contribution in [2.45, 2.75) is 63.9 Å². The van der Waals surface area contributed by atoms with E-state index in [9.17, 15) is 5.11 Å². The molecule has 1 heterocycles. The molecule has 0 radical (unpaired) electrons. The summed E-state index contributed by atoms with van der Waals surface area (Å²) in [7, 11) is 2.00. The monoisotopic (exact) mass is 250 g/mol. The Labute approximate surface area is 110 Å². The predicted molar refractivity (Wildman–Crippen MR) is 73.3 cm³/mol. The zero-order valence-corrected chi connectivity index (χ0v) is 11.7. The third-order valence-corrected chi connectivity index (χ3v) is 4.38. The van der Waals surface area contributed by atoms with E-state index in [-0.39, 0.29) is 0 Å². The second kappa shape index (κ2) is 5.87. The van der Waals surface area contributed by atoms with Gasteiger partial charge in [0.15, 0.2) is 0 Å². The maximum atomic E-state index is 10.8. The lowest BCUT2D eigenvalue weighted by atomic mass is 9.89. The summed E-state index contributed by atoms with van der Waals surface area (Å²) in [5, 5.41) is 10.8. The predicted octanol–water partition coefficient (Wildman–Crippen LogP) is 3.07. The summed E-state index contributed by atoms with van der Waals surface area (Å²) in [6.07, 6.45) is 12.5. The van der Waals surface area contributed by atoms with Gasteiger partial charge in [0.05, 0.1) is 5.60 Å². The van der Waals surface area contributed by atoms with Crippen molar-refractivity contribution in [2.24, 2.45) is 13.0 Å². The molecule has 1 aromatic rings. The van der Waals surface area contributed by atoms with Crippen molar-refractivity contribution in [3.63, 3.8) is 0 Å². The van der Waals surface area contributed by atoms with E-state index in [0.717, 1.165) is 31.0 Å². The Balaban J connectivity index is 1.97. The zero-order chi connectivity index (χ0) is 13.0. The molecule has 0 spiro atoms. The second-order valence-electron chi connectivity index (χ2n) is 5.94. The van der Waals surface area contributed by atoms with Crippen LogP contribution in [0, 0.1) is 5.92 Å². The number of aryl methyl sites for hydroxylation is 1. The Morgan fingerprint density at radius 2 is 2.28 bits per heavy atom. The van der Waals surface area contributed by atoms with Gasteiger partial charge in [0.25, 0.3) is 0 Å². The lowest BCUT2D eigenvalue weighted by Gasteiger charge is -2.26. The van der Waals surface area contributed by atoms with E-state index in [0.29, 0.717) is 6.42 Å². The molecule has 0 amide bonds.